The molecule has 0 saturated carbocycles. The Kier molecular flexibility index (Phi) is 3.13. The summed E-state index contributed by atoms with van der Waals surface area (Å²) in [4.78, 5) is 8.97. The Morgan fingerprint density at radius 3 is 3.11 bits per heavy atom. The second-order valence-electron chi connectivity index (χ2n) is 4.05. The Morgan fingerprint density at radius 1 is 1.39 bits per heavy atom. The number of aromatic amines is 1. The van der Waals surface area contributed by atoms with Gasteiger partial charge in [-0.05, 0) is 36.2 Å². The lowest BCUT2D eigenvalue weighted by molar-refractivity contribution is 0.870. The summed E-state index contributed by atoms with van der Waals surface area (Å²) in [5, 5.41) is 4.17. The maximum Gasteiger partial charge on any atom is 0.152 e. The smallest absolute Gasteiger partial charge is 0.152 e. The van der Waals surface area contributed by atoms with Crippen molar-refractivity contribution in [1.82, 2.24) is 19.6 Å². The number of fused-ring (bicyclic) bond motifs is 1. The van der Waals surface area contributed by atoms with Gasteiger partial charge in [-0.2, -0.15) is 0 Å². The molecule has 92 valence electrons. The highest BCUT2D eigenvalue weighted by Crippen LogP contribution is 2.27. The van der Waals surface area contributed by atoms with E-state index in [0.29, 0.717) is 0 Å². The normalized spacial score (nSPS) is 11.2. The third-order valence-electron chi connectivity index (χ3n) is 2.70. The molecule has 3 aromatic rings. The van der Waals surface area contributed by atoms with Gasteiger partial charge in [-0.3, -0.25) is 0 Å². The van der Waals surface area contributed by atoms with E-state index in [-0.39, 0.29) is 0 Å². The summed E-state index contributed by atoms with van der Waals surface area (Å²) in [7, 11) is 0. The molecule has 18 heavy (non-hydrogen) atoms. The molecule has 0 saturated heterocycles. The van der Waals surface area contributed by atoms with Crippen molar-refractivity contribution in [2.75, 3.05) is 0 Å². The molecule has 6 heteroatoms. The van der Waals surface area contributed by atoms with Crippen molar-refractivity contribution in [3.05, 3.63) is 28.4 Å². The van der Waals surface area contributed by atoms with E-state index in [1.165, 1.54) is 11.5 Å². The van der Waals surface area contributed by atoms with E-state index in [2.05, 4.69) is 42.4 Å². The van der Waals surface area contributed by atoms with Crippen molar-refractivity contribution in [2.45, 2.75) is 19.8 Å². The number of H-pyrrole nitrogens is 1. The van der Waals surface area contributed by atoms with E-state index >= 15 is 0 Å². The van der Waals surface area contributed by atoms with Gasteiger partial charge in [0.2, 0.25) is 0 Å². The molecule has 0 unspecified atom stereocenters. The first-order chi connectivity index (χ1) is 8.78. The molecule has 0 atom stereocenters. The quantitative estimate of drug-likeness (QED) is 0.798. The van der Waals surface area contributed by atoms with Gasteiger partial charge in [0, 0.05) is 4.47 Å². The summed E-state index contributed by atoms with van der Waals surface area (Å²) in [6, 6.07) is 6.01. The number of imidazole rings is 1. The van der Waals surface area contributed by atoms with Gasteiger partial charge in [0.1, 0.15) is 4.88 Å². The summed E-state index contributed by atoms with van der Waals surface area (Å²) in [6.07, 6.45) is 2.00. The van der Waals surface area contributed by atoms with Crippen molar-refractivity contribution in [3.8, 4) is 10.7 Å². The van der Waals surface area contributed by atoms with Crippen molar-refractivity contribution >= 4 is 38.5 Å². The number of aromatic nitrogens is 4. The SMILES string of the molecule is CCCc1nnsc1-c1nc2ccc(Br)cc2[nH]1. The minimum absolute atomic E-state index is 0.863. The second-order valence-corrected chi connectivity index (χ2v) is 5.72. The Hall–Kier alpha value is -1.27. The van der Waals surface area contributed by atoms with E-state index in [0.717, 1.165) is 44.7 Å². The average molecular weight is 323 g/mol. The van der Waals surface area contributed by atoms with Crippen LogP contribution in [-0.2, 0) is 6.42 Å². The molecular weight excluding hydrogens is 312 g/mol. The fraction of sp³-hybridized carbons (Fsp3) is 0.250. The number of hydrogen-bond acceptors (Lipinski definition) is 4. The zero-order chi connectivity index (χ0) is 12.5. The Labute approximate surface area is 117 Å². The van der Waals surface area contributed by atoms with Gasteiger partial charge >= 0.3 is 0 Å². The maximum absolute atomic E-state index is 4.59. The average Bonchev–Trinajstić information content (AvgIpc) is 2.94. The van der Waals surface area contributed by atoms with Gasteiger partial charge in [-0.1, -0.05) is 33.8 Å². The first-order valence-corrected chi connectivity index (χ1v) is 7.31. The van der Waals surface area contributed by atoms with E-state index in [1.807, 2.05) is 18.2 Å². The minimum atomic E-state index is 0.863. The molecule has 1 N–H and O–H groups in total. The van der Waals surface area contributed by atoms with Crippen LogP contribution in [0.1, 0.15) is 19.0 Å². The number of aryl methyl sites for hydroxylation is 1. The zero-order valence-electron chi connectivity index (χ0n) is 9.77. The summed E-state index contributed by atoms with van der Waals surface area (Å²) >= 11 is 4.86. The maximum atomic E-state index is 4.59. The topological polar surface area (TPSA) is 54.5 Å². The molecule has 0 aliphatic rings. The molecular formula is C12H11BrN4S. The van der Waals surface area contributed by atoms with Gasteiger partial charge in [0.25, 0.3) is 0 Å². The second kappa shape index (κ2) is 4.78. The van der Waals surface area contributed by atoms with Gasteiger partial charge in [0.05, 0.1) is 16.7 Å². The number of rotatable bonds is 3. The van der Waals surface area contributed by atoms with Crippen LogP contribution in [0.3, 0.4) is 0 Å². The molecule has 0 spiro atoms. The molecule has 0 amide bonds. The number of benzene rings is 1. The molecule has 0 fully saturated rings. The number of hydrogen-bond donors (Lipinski definition) is 1. The van der Waals surface area contributed by atoms with Crippen LogP contribution in [0.15, 0.2) is 22.7 Å². The first-order valence-electron chi connectivity index (χ1n) is 5.75. The van der Waals surface area contributed by atoms with Crippen molar-refractivity contribution in [1.29, 1.82) is 0 Å². The van der Waals surface area contributed by atoms with Crippen LogP contribution in [0.2, 0.25) is 0 Å². The minimum Gasteiger partial charge on any atom is -0.337 e. The molecule has 0 bridgehead atoms. The highest BCUT2D eigenvalue weighted by molar-refractivity contribution is 9.10. The summed E-state index contributed by atoms with van der Waals surface area (Å²) in [5.74, 6) is 0.863. The summed E-state index contributed by atoms with van der Waals surface area (Å²) < 4.78 is 5.07. The van der Waals surface area contributed by atoms with Crippen LogP contribution < -0.4 is 0 Å². The van der Waals surface area contributed by atoms with Gasteiger partial charge in [-0.15, -0.1) is 5.10 Å². The van der Waals surface area contributed by atoms with Crippen LogP contribution in [0.4, 0.5) is 0 Å². The number of nitrogens with zero attached hydrogens (tertiary/aromatic N) is 3. The van der Waals surface area contributed by atoms with Gasteiger partial charge in [-0.25, -0.2) is 4.98 Å². The molecule has 0 aliphatic heterocycles. The van der Waals surface area contributed by atoms with Crippen molar-refractivity contribution < 1.29 is 0 Å². The summed E-state index contributed by atoms with van der Waals surface area (Å²) in [5.41, 5.74) is 3.01. The molecule has 3 rings (SSSR count). The lowest BCUT2D eigenvalue weighted by atomic mass is 10.2. The van der Waals surface area contributed by atoms with E-state index in [1.54, 1.807) is 0 Å². The molecule has 0 aliphatic carbocycles. The standard InChI is InChI=1S/C12H11BrN4S/c1-2-3-9-11(18-17-16-9)12-14-8-5-4-7(13)6-10(8)15-12/h4-6H,2-3H2,1H3,(H,14,15). The van der Waals surface area contributed by atoms with Crippen LogP contribution in [0.25, 0.3) is 21.7 Å². The van der Waals surface area contributed by atoms with Crippen molar-refractivity contribution in [2.24, 2.45) is 0 Å². The molecule has 2 heterocycles. The monoisotopic (exact) mass is 322 g/mol. The van der Waals surface area contributed by atoms with E-state index in [9.17, 15) is 0 Å². The van der Waals surface area contributed by atoms with Crippen LogP contribution in [-0.4, -0.2) is 19.6 Å². The summed E-state index contributed by atoms with van der Waals surface area (Å²) in [6.45, 7) is 2.14. The molecule has 0 radical (unpaired) electrons. The zero-order valence-corrected chi connectivity index (χ0v) is 12.2. The number of halogens is 1. The van der Waals surface area contributed by atoms with Crippen LogP contribution in [0, 0.1) is 0 Å². The van der Waals surface area contributed by atoms with Crippen molar-refractivity contribution in [3.63, 3.8) is 0 Å². The molecule has 2 aromatic heterocycles. The highest BCUT2D eigenvalue weighted by atomic mass is 79.9. The predicted molar refractivity (Wildman–Crippen MR) is 76.7 cm³/mol. The van der Waals surface area contributed by atoms with Gasteiger partial charge in [0.15, 0.2) is 5.82 Å². The highest BCUT2D eigenvalue weighted by Gasteiger charge is 2.13. The Morgan fingerprint density at radius 2 is 2.28 bits per heavy atom. The van der Waals surface area contributed by atoms with E-state index < -0.39 is 0 Å². The number of nitrogens with one attached hydrogen (secondary N) is 1. The fourth-order valence-corrected chi connectivity index (χ4v) is 2.89. The van der Waals surface area contributed by atoms with Crippen LogP contribution in [0.5, 0.6) is 0 Å². The Balaban J connectivity index is 2.10. The molecule has 1 aromatic carbocycles. The predicted octanol–water partition coefficient (Wildman–Crippen LogP) is 3.80. The largest absolute Gasteiger partial charge is 0.337 e. The molecule has 4 nitrogen and oxygen atoms in total. The Bertz CT molecular complexity index is 688. The third-order valence-corrected chi connectivity index (χ3v) is 3.97. The lowest BCUT2D eigenvalue weighted by Crippen LogP contribution is -1.88. The fourth-order valence-electron chi connectivity index (χ4n) is 1.88. The first kappa shape index (κ1) is 11.8. The third kappa shape index (κ3) is 2.06. The van der Waals surface area contributed by atoms with E-state index in [4.69, 9.17) is 0 Å². The van der Waals surface area contributed by atoms with Crippen LogP contribution >= 0.6 is 27.5 Å². The lowest BCUT2D eigenvalue weighted by Gasteiger charge is -1.94. The van der Waals surface area contributed by atoms with Gasteiger partial charge < -0.3 is 4.98 Å².